The summed E-state index contributed by atoms with van der Waals surface area (Å²) >= 11 is 5.61. The van der Waals surface area contributed by atoms with Crippen LogP contribution >= 0.6 is 11.6 Å². The highest BCUT2D eigenvalue weighted by atomic mass is 35.5. The number of alkyl halides is 1. The molecule has 0 amide bonds. The van der Waals surface area contributed by atoms with E-state index in [0.29, 0.717) is 11.7 Å². The average molecular weight is 191 g/mol. The van der Waals surface area contributed by atoms with Gasteiger partial charge in [0, 0.05) is 11.3 Å². The van der Waals surface area contributed by atoms with Crippen LogP contribution in [0.4, 0.5) is 0 Å². The molecule has 0 aliphatic heterocycles. The zero-order valence-corrected chi connectivity index (χ0v) is 9.08. The van der Waals surface area contributed by atoms with E-state index in [0.717, 1.165) is 25.7 Å². The van der Waals surface area contributed by atoms with Crippen LogP contribution in [0.2, 0.25) is 0 Å². The van der Waals surface area contributed by atoms with Gasteiger partial charge in [0.1, 0.15) is 5.78 Å². The number of Topliss-reactive ketones (excluding diaryl/α,β-unsaturated/α-hetero) is 1. The van der Waals surface area contributed by atoms with Crippen LogP contribution in [0.25, 0.3) is 0 Å². The van der Waals surface area contributed by atoms with Crippen LogP contribution in [-0.2, 0) is 4.79 Å². The molecule has 0 aliphatic rings. The van der Waals surface area contributed by atoms with E-state index in [2.05, 4.69) is 13.8 Å². The fraction of sp³-hybridized carbons (Fsp3) is 0.900. The largest absolute Gasteiger partial charge is 0.299 e. The van der Waals surface area contributed by atoms with Gasteiger partial charge >= 0.3 is 0 Å². The van der Waals surface area contributed by atoms with Crippen molar-refractivity contribution in [3.63, 3.8) is 0 Å². The lowest BCUT2D eigenvalue weighted by Gasteiger charge is -2.28. The Morgan fingerprint density at radius 2 is 1.83 bits per heavy atom. The molecule has 72 valence electrons. The maximum absolute atomic E-state index is 11.4. The van der Waals surface area contributed by atoms with E-state index >= 15 is 0 Å². The molecule has 0 aromatic rings. The molecule has 0 unspecified atom stereocenters. The van der Waals surface area contributed by atoms with Crippen LogP contribution in [0.15, 0.2) is 0 Å². The Morgan fingerprint density at radius 1 is 1.33 bits per heavy atom. The molecule has 0 rings (SSSR count). The molecule has 0 spiro atoms. The standard InChI is InChI=1S/C10H19ClO/c1-4-10(5-2,9(3)12)7-6-8-11/h4-8H2,1-3H3. The molecule has 0 saturated heterocycles. The minimum atomic E-state index is -0.0884. The molecule has 0 radical (unpaired) electrons. The van der Waals surface area contributed by atoms with Gasteiger partial charge in [-0.25, -0.2) is 0 Å². The summed E-state index contributed by atoms with van der Waals surface area (Å²) in [5.41, 5.74) is -0.0884. The molecule has 0 aromatic carbocycles. The molecule has 2 heteroatoms. The first-order valence-corrected chi connectivity index (χ1v) is 5.23. The third-order valence-corrected chi connectivity index (χ3v) is 3.16. The second-order valence-electron chi connectivity index (χ2n) is 3.34. The predicted octanol–water partition coefficient (Wildman–Crippen LogP) is 3.40. The first-order valence-electron chi connectivity index (χ1n) is 4.70. The number of hydrogen-bond acceptors (Lipinski definition) is 1. The summed E-state index contributed by atoms with van der Waals surface area (Å²) < 4.78 is 0. The Balaban J connectivity index is 4.25. The monoisotopic (exact) mass is 190 g/mol. The third kappa shape index (κ3) is 2.78. The van der Waals surface area contributed by atoms with Crippen molar-refractivity contribution in [2.75, 3.05) is 5.88 Å². The summed E-state index contributed by atoms with van der Waals surface area (Å²) in [6.07, 6.45) is 3.77. The molecule has 0 N–H and O–H groups in total. The molecule has 0 bridgehead atoms. The Morgan fingerprint density at radius 3 is 2.08 bits per heavy atom. The van der Waals surface area contributed by atoms with Gasteiger partial charge < -0.3 is 0 Å². The van der Waals surface area contributed by atoms with Crippen LogP contribution in [0.1, 0.15) is 46.5 Å². The first-order chi connectivity index (χ1) is 5.63. The van der Waals surface area contributed by atoms with E-state index in [1.165, 1.54) is 0 Å². The lowest BCUT2D eigenvalue weighted by molar-refractivity contribution is -0.127. The van der Waals surface area contributed by atoms with E-state index in [9.17, 15) is 4.79 Å². The quantitative estimate of drug-likeness (QED) is 0.587. The smallest absolute Gasteiger partial charge is 0.135 e. The lowest BCUT2D eigenvalue weighted by atomic mass is 9.75. The van der Waals surface area contributed by atoms with Gasteiger partial charge in [0.05, 0.1) is 0 Å². The van der Waals surface area contributed by atoms with Crippen molar-refractivity contribution in [2.45, 2.75) is 46.5 Å². The SMILES string of the molecule is CCC(CC)(CCCCl)C(C)=O. The van der Waals surface area contributed by atoms with Crippen LogP contribution in [0, 0.1) is 5.41 Å². The lowest BCUT2D eigenvalue weighted by Crippen LogP contribution is -2.27. The van der Waals surface area contributed by atoms with Gasteiger partial charge in [-0.3, -0.25) is 4.79 Å². The van der Waals surface area contributed by atoms with Crippen molar-refractivity contribution < 1.29 is 4.79 Å². The molecular formula is C10H19ClO. The van der Waals surface area contributed by atoms with E-state index < -0.39 is 0 Å². The van der Waals surface area contributed by atoms with Gasteiger partial charge in [0.25, 0.3) is 0 Å². The summed E-state index contributed by atoms with van der Waals surface area (Å²) in [7, 11) is 0. The van der Waals surface area contributed by atoms with Crippen LogP contribution in [0.3, 0.4) is 0 Å². The van der Waals surface area contributed by atoms with E-state index in [1.54, 1.807) is 6.92 Å². The van der Waals surface area contributed by atoms with Crippen molar-refractivity contribution in [3.8, 4) is 0 Å². The second-order valence-corrected chi connectivity index (χ2v) is 3.71. The van der Waals surface area contributed by atoms with Crippen LogP contribution < -0.4 is 0 Å². The number of carbonyl (C=O) groups is 1. The van der Waals surface area contributed by atoms with Gasteiger partial charge in [-0.15, -0.1) is 11.6 Å². The van der Waals surface area contributed by atoms with Gasteiger partial charge in [-0.2, -0.15) is 0 Å². The predicted molar refractivity (Wildman–Crippen MR) is 53.7 cm³/mol. The topological polar surface area (TPSA) is 17.1 Å². The van der Waals surface area contributed by atoms with Gasteiger partial charge in [-0.1, -0.05) is 13.8 Å². The number of halogens is 1. The van der Waals surface area contributed by atoms with Gasteiger partial charge in [0.15, 0.2) is 0 Å². The van der Waals surface area contributed by atoms with E-state index in [1.807, 2.05) is 0 Å². The Bertz CT molecular complexity index is 139. The minimum Gasteiger partial charge on any atom is -0.299 e. The Hall–Kier alpha value is -0.0400. The van der Waals surface area contributed by atoms with Crippen LogP contribution in [0.5, 0.6) is 0 Å². The Labute approximate surface area is 80.5 Å². The number of hydrogen-bond donors (Lipinski definition) is 0. The zero-order chi connectivity index (χ0) is 9.61. The number of rotatable bonds is 6. The third-order valence-electron chi connectivity index (χ3n) is 2.89. The fourth-order valence-electron chi connectivity index (χ4n) is 1.68. The summed E-state index contributed by atoms with van der Waals surface area (Å²) in [6, 6.07) is 0. The highest BCUT2D eigenvalue weighted by Crippen LogP contribution is 2.32. The van der Waals surface area contributed by atoms with Gasteiger partial charge in [0.2, 0.25) is 0 Å². The molecule has 0 saturated carbocycles. The first kappa shape index (κ1) is 12.0. The van der Waals surface area contributed by atoms with Crippen molar-refractivity contribution in [2.24, 2.45) is 5.41 Å². The van der Waals surface area contributed by atoms with Crippen molar-refractivity contribution in [3.05, 3.63) is 0 Å². The average Bonchev–Trinajstić information content (AvgIpc) is 2.07. The Kier molecular flexibility index (Phi) is 5.56. The molecule has 0 aromatic heterocycles. The van der Waals surface area contributed by atoms with E-state index in [4.69, 9.17) is 11.6 Å². The summed E-state index contributed by atoms with van der Waals surface area (Å²) in [6.45, 7) is 5.86. The fourth-order valence-corrected chi connectivity index (χ4v) is 1.82. The minimum absolute atomic E-state index is 0.0884. The highest BCUT2D eigenvalue weighted by Gasteiger charge is 2.30. The highest BCUT2D eigenvalue weighted by molar-refractivity contribution is 6.17. The molecule has 1 nitrogen and oxygen atoms in total. The maximum Gasteiger partial charge on any atom is 0.135 e. The normalized spacial score (nSPS) is 11.7. The van der Waals surface area contributed by atoms with Crippen molar-refractivity contribution in [1.29, 1.82) is 0 Å². The molecule has 0 atom stereocenters. The van der Waals surface area contributed by atoms with Crippen molar-refractivity contribution in [1.82, 2.24) is 0 Å². The second kappa shape index (κ2) is 5.58. The molecular weight excluding hydrogens is 172 g/mol. The molecule has 0 aliphatic carbocycles. The molecule has 12 heavy (non-hydrogen) atoms. The molecule has 0 heterocycles. The van der Waals surface area contributed by atoms with Gasteiger partial charge in [-0.05, 0) is 32.6 Å². The van der Waals surface area contributed by atoms with Crippen LogP contribution in [-0.4, -0.2) is 11.7 Å². The number of ketones is 1. The number of carbonyl (C=O) groups excluding carboxylic acids is 1. The summed E-state index contributed by atoms with van der Waals surface area (Å²) in [4.78, 5) is 11.4. The zero-order valence-electron chi connectivity index (χ0n) is 8.32. The summed E-state index contributed by atoms with van der Waals surface area (Å²) in [5, 5.41) is 0. The van der Waals surface area contributed by atoms with E-state index in [-0.39, 0.29) is 5.41 Å². The van der Waals surface area contributed by atoms with Crippen molar-refractivity contribution >= 4 is 17.4 Å². The molecule has 0 fully saturated rings. The maximum atomic E-state index is 11.4. The summed E-state index contributed by atoms with van der Waals surface area (Å²) in [5.74, 6) is 0.979.